The fraction of sp³-hybridized carbons (Fsp3) is 0.324. The number of ether oxygens (including phenoxy) is 1. The molecule has 2 atom stereocenters. The van der Waals surface area contributed by atoms with Gasteiger partial charge >= 0.3 is 0 Å². The number of para-hydroxylation sites is 1. The maximum atomic E-state index is 6.81. The molecule has 0 aliphatic carbocycles. The summed E-state index contributed by atoms with van der Waals surface area (Å²) in [5.74, 6) is 1.05. The maximum Gasteiger partial charge on any atom is 0.127 e. The van der Waals surface area contributed by atoms with Crippen LogP contribution in [0.25, 0.3) is 0 Å². The van der Waals surface area contributed by atoms with Crippen LogP contribution in [0, 0.1) is 13.8 Å². The van der Waals surface area contributed by atoms with E-state index in [9.17, 15) is 0 Å². The molecule has 0 aliphatic rings. The van der Waals surface area contributed by atoms with Gasteiger partial charge in [0.05, 0.1) is 5.69 Å². The van der Waals surface area contributed by atoms with Gasteiger partial charge < -0.3 is 4.74 Å². The predicted octanol–water partition coefficient (Wildman–Crippen LogP) is 9.95. The van der Waals surface area contributed by atoms with Crippen LogP contribution < -0.4 is 10.0 Å². The van der Waals surface area contributed by atoms with E-state index in [2.05, 4.69) is 109 Å². The fourth-order valence-corrected chi connectivity index (χ4v) is 7.11. The molecule has 2 unspecified atom stereocenters. The number of hydrogen-bond donors (Lipinski definition) is 0. The van der Waals surface area contributed by atoms with Crippen molar-refractivity contribution in [2.45, 2.75) is 78.5 Å². The average molecular weight is 550 g/mol. The number of rotatable bonds is 10. The van der Waals surface area contributed by atoms with Gasteiger partial charge in [-0.15, -0.1) is 0 Å². The lowest BCUT2D eigenvalue weighted by molar-refractivity contribution is 0.290. The second kappa shape index (κ2) is 13.0. The zero-order valence-corrected chi connectivity index (χ0v) is 26.2. The van der Waals surface area contributed by atoms with Gasteiger partial charge in [-0.2, -0.15) is 0 Å². The summed E-state index contributed by atoms with van der Waals surface area (Å²) in [6, 6.07) is 32.0. The smallest absolute Gasteiger partial charge is 0.127 e. The molecule has 2 nitrogen and oxygen atoms in total. The van der Waals surface area contributed by atoms with E-state index < -0.39 is 0 Å². The van der Waals surface area contributed by atoms with Crippen LogP contribution in [0.4, 0.5) is 5.69 Å². The first-order chi connectivity index (χ1) is 19.1. The van der Waals surface area contributed by atoms with E-state index in [1.165, 1.54) is 38.7 Å². The molecule has 0 radical (unpaired) electrons. The third kappa shape index (κ3) is 7.29. The minimum Gasteiger partial charge on any atom is -0.488 e. The molecule has 208 valence electrons. The molecule has 4 rings (SSSR count). The second-order valence-corrected chi connectivity index (χ2v) is 13.9. The van der Waals surface area contributed by atoms with Crippen molar-refractivity contribution in [1.82, 2.24) is 0 Å². The standard InChI is InChI=1S/C37H44NOP/c1-8-22-37(7,40-35-28(3)16-15-19-30(35)25-38-31-20-13-10-14-21-31)33-24-27(2)23-32(36(4,5)6)34(33)39-26-29-17-11-9-12-18-29/h9-21,23-25,40H,8,22,26H2,1-7H3. The lowest BCUT2D eigenvalue weighted by atomic mass is 9.81. The molecule has 0 heterocycles. The molecular formula is C37H44NOP. The average Bonchev–Trinajstić information content (AvgIpc) is 2.93. The lowest BCUT2D eigenvalue weighted by Crippen LogP contribution is -2.25. The van der Waals surface area contributed by atoms with Crippen molar-refractivity contribution < 1.29 is 4.74 Å². The molecule has 0 aromatic heterocycles. The topological polar surface area (TPSA) is 21.6 Å². The van der Waals surface area contributed by atoms with Crippen molar-refractivity contribution in [2.75, 3.05) is 0 Å². The quantitative estimate of drug-likeness (QED) is 0.142. The molecule has 0 saturated carbocycles. The molecule has 40 heavy (non-hydrogen) atoms. The third-order valence-electron chi connectivity index (χ3n) is 7.43. The third-order valence-corrected chi connectivity index (χ3v) is 9.43. The van der Waals surface area contributed by atoms with Gasteiger partial charge in [0.1, 0.15) is 12.4 Å². The van der Waals surface area contributed by atoms with Crippen molar-refractivity contribution in [1.29, 1.82) is 0 Å². The SMILES string of the molecule is CCCC(C)(Pc1c(C)cccc1C=Nc1ccccc1)c1cc(C)cc(C(C)(C)C)c1OCc1ccccc1. The molecule has 4 aromatic rings. The van der Waals surface area contributed by atoms with Crippen LogP contribution in [0.3, 0.4) is 0 Å². The zero-order valence-electron chi connectivity index (χ0n) is 25.2. The van der Waals surface area contributed by atoms with Gasteiger partial charge in [0, 0.05) is 28.1 Å². The highest BCUT2D eigenvalue weighted by Gasteiger charge is 2.34. The predicted molar refractivity (Wildman–Crippen MR) is 176 cm³/mol. The summed E-state index contributed by atoms with van der Waals surface area (Å²) in [4.78, 5) is 4.82. The Morgan fingerprint density at radius 2 is 1.45 bits per heavy atom. The number of benzene rings is 4. The number of aliphatic imine (C=N–C) groups is 1. The van der Waals surface area contributed by atoms with Crippen molar-refractivity contribution in [3.8, 4) is 5.75 Å². The van der Waals surface area contributed by atoms with E-state index in [-0.39, 0.29) is 10.6 Å². The molecule has 0 saturated heterocycles. The van der Waals surface area contributed by atoms with Crippen LogP contribution in [-0.2, 0) is 17.2 Å². The molecule has 0 amide bonds. The first-order valence-corrected chi connectivity index (χ1v) is 15.4. The Morgan fingerprint density at radius 1 is 0.800 bits per heavy atom. The Labute approximate surface area is 243 Å². The van der Waals surface area contributed by atoms with E-state index in [0.29, 0.717) is 15.2 Å². The van der Waals surface area contributed by atoms with E-state index in [4.69, 9.17) is 9.73 Å². The van der Waals surface area contributed by atoms with Gasteiger partial charge in [0.25, 0.3) is 0 Å². The monoisotopic (exact) mass is 549 g/mol. The largest absolute Gasteiger partial charge is 0.488 e. The zero-order chi connectivity index (χ0) is 28.8. The van der Waals surface area contributed by atoms with Crippen molar-refractivity contribution in [2.24, 2.45) is 4.99 Å². The van der Waals surface area contributed by atoms with E-state index >= 15 is 0 Å². The highest BCUT2D eigenvalue weighted by molar-refractivity contribution is 7.49. The normalized spacial score (nSPS) is 13.7. The van der Waals surface area contributed by atoms with Crippen molar-refractivity contribution >= 4 is 25.8 Å². The summed E-state index contributed by atoms with van der Waals surface area (Å²) in [6.07, 6.45) is 4.21. The minimum atomic E-state index is -0.0890. The Hall–Kier alpha value is -3.22. The highest BCUT2D eigenvalue weighted by atomic mass is 31.1. The first kappa shape index (κ1) is 29.8. The van der Waals surface area contributed by atoms with Gasteiger partial charge in [-0.25, -0.2) is 0 Å². The van der Waals surface area contributed by atoms with Gasteiger partial charge in [-0.3, -0.25) is 4.99 Å². The van der Waals surface area contributed by atoms with E-state index in [0.717, 1.165) is 24.3 Å². The van der Waals surface area contributed by atoms with E-state index in [1.807, 2.05) is 36.5 Å². The molecule has 0 spiro atoms. The van der Waals surface area contributed by atoms with E-state index in [1.54, 1.807) is 0 Å². The van der Waals surface area contributed by atoms with Crippen LogP contribution >= 0.6 is 8.58 Å². The molecule has 0 N–H and O–H groups in total. The number of hydrogen-bond acceptors (Lipinski definition) is 2. The highest BCUT2D eigenvalue weighted by Crippen LogP contribution is 2.51. The summed E-state index contributed by atoms with van der Waals surface area (Å²) >= 11 is 0. The summed E-state index contributed by atoms with van der Waals surface area (Å²) in [6.45, 7) is 16.6. The molecule has 4 aromatic carbocycles. The molecule has 0 bridgehead atoms. The van der Waals surface area contributed by atoms with Crippen molar-refractivity contribution in [3.05, 3.63) is 124 Å². The minimum absolute atomic E-state index is 0.0425. The first-order valence-electron chi connectivity index (χ1n) is 14.4. The molecule has 0 aliphatic heterocycles. The van der Waals surface area contributed by atoms with Gasteiger partial charge in [-0.05, 0) is 54.2 Å². The van der Waals surface area contributed by atoms with Crippen LogP contribution in [0.15, 0.2) is 96.0 Å². The maximum absolute atomic E-state index is 6.81. The Morgan fingerprint density at radius 3 is 2.10 bits per heavy atom. The van der Waals surface area contributed by atoms with Gasteiger partial charge in [0.2, 0.25) is 0 Å². The molecular weight excluding hydrogens is 505 g/mol. The summed E-state index contributed by atoms with van der Waals surface area (Å²) in [5, 5.41) is 1.29. The lowest BCUT2D eigenvalue weighted by Gasteiger charge is -2.36. The fourth-order valence-electron chi connectivity index (χ4n) is 5.29. The van der Waals surface area contributed by atoms with Crippen LogP contribution in [0.1, 0.15) is 80.8 Å². The number of nitrogens with zero attached hydrogens (tertiary/aromatic N) is 1. The van der Waals surface area contributed by atoms with Crippen LogP contribution in [-0.4, -0.2) is 6.21 Å². The summed E-state index contributed by atoms with van der Waals surface area (Å²) < 4.78 is 6.81. The van der Waals surface area contributed by atoms with Crippen LogP contribution in [0.2, 0.25) is 0 Å². The summed E-state index contributed by atoms with van der Waals surface area (Å²) in [7, 11) is 0.570. The summed E-state index contributed by atoms with van der Waals surface area (Å²) in [5.41, 5.74) is 8.51. The second-order valence-electron chi connectivity index (χ2n) is 12.1. The van der Waals surface area contributed by atoms with Gasteiger partial charge in [0.15, 0.2) is 0 Å². The number of aryl methyl sites for hydroxylation is 2. The van der Waals surface area contributed by atoms with Crippen LogP contribution in [0.5, 0.6) is 5.75 Å². The van der Waals surface area contributed by atoms with Gasteiger partial charge in [-0.1, -0.05) is 134 Å². The molecule has 3 heteroatoms. The Kier molecular flexibility index (Phi) is 9.64. The Bertz CT molecular complexity index is 1440. The van der Waals surface area contributed by atoms with Crippen molar-refractivity contribution in [3.63, 3.8) is 0 Å². The molecule has 0 fully saturated rings. The Balaban J connectivity index is 1.82.